The normalized spacial score (nSPS) is 10.7. The van der Waals surface area contributed by atoms with Crippen LogP contribution in [0.1, 0.15) is 5.56 Å². The van der Waals surface area contributed by atoms with Gasteiger partial charge in [0.2, 0.25) is 0 Å². The van der Waals surface area contributed by atoms with Crippen LogP contribution in [0.25, 0.3) is 10.9 Å². The topological polar surface area (TPSA) is 65.7 Å². The summed E-state index contributed by atoms with van der Waals surface area (Å²) in [7, 11) is 0. The highest BCUT2D eigenvalue weighted by molar-refractivity contribution is 5.77. The molecule has 0 aliphatic rings. The standard InChI is InChI=1S/C9H7FN2O2/c1-4-2-7-5(3-6(4)10)8(13)12-9(14)11-7/h2-3H,1H3,(H2,11,12,13,14). The SMILES string of the molecule is Cc1cc2[nH]c(=O)[nH]c(=O)c2cc1F. The smallest absolute Gasteiger partial charge is 0.307 e. The van der Waals surface area contributed by atoms with Crippen molar-refractivity contribution in [3.63, 3.8) is 0 Å². The first-order chi connectivity index (χ1) is 6.58. The van der Waals surface area contributed by atoms with Gasteiger partial charge in [0.05, 0.1) is 10.9 Å². The Hall–Kier alpha value is -1.91. The molecule has 1 aromatic carbocycles. The number of nitrogens with one attached hydrogen (secondary N) is 2. The van der Waals surface area contributed by atoms with Crippen molar-refractivity contribution in [2.45, 2.75) is 6.92 Å². The Balaban J connectivity index is 3.03. The Labute approximate surface area is 77.4 Å². The van der Waals surface area contributed by atoms with Crippen molar-refractivity contribution < 1.29 is 4.39 Å². The van der Waals surface area contributed by atoms with Crippen LogP contribution in [-0.2, 0) is 0 Å². The fraction of sp³-hybridized carbons (Fsp3) is 0.111. The first-order valence-corrected chi connectivity index (χ1v) is 4.00. The van der Waals surface area contributed by atoms with E-state index in [0.29, 0.717) is 11.1 Å². The zero-order valence-electron chi connectivity index (χ0n) is 7.35. The molecule has 0 saturated heterocycles. The Morgan fingerprint density at radius 2 is 1.93 bits per heavy atom. The van der Waals surface area contributed by atoms with Gasteiger partial charge in [0.25, 0.3) is 5.56 Å². The van der Waals surface area contributed by atoms with Crippen LogP contribution in [0.15, 0.2) is 21.7 Å². The van der Waals surface area contributed by atoms with Crippen LogP contribution in [0.5, 0.6) is 0 Å². The second-order valence-corrected chi connectivity index (χ2v) is 3.06. The van der Waals surface area contributed by atoms with Crippen molar-refractivity contribution >= 4 is 10.9 Å². The highest BCUT2D eigenvalue weighted by Crippen LogP contribution is 2.12. The summed E-state index contributed by atoms with van der Waals surface area (Å²) in [6.07, 6.45) is 0. The summed E-state index contributed by atoms with van der Waals surface area (Å²) in [5.74, 6) is -0.463. The van der Waals surface area contributed by atoms with Gasteiger partial charge in [-0.3, -0.25) is 9.78 Å². The van der Waals surface area contributed by atoms with Gasteiger partial charge in [0.1, 0.15) is 5.82 Å². The molecule has 0 fully saturated rings. The number of halogens is 1. The van der Waals surface area contributed by atoms with Gasteiger partial charge in [-0.05, 0) is 24.6 Å². The molecule has 0 aliphatic carbocycles. The third-order valence-corrected chi connectivity index (χ3v) is 2.02. The van der Waals surface area contributed by atoms with E-state index in [1.54, 1.807) is 6.92 Å². The monoisotopic (exact) mass is 194 g/mol. The van der Waals surface area contributed by atoms with E-state index in [1.807, 2.05) is 4.98 Å². The third-order valence-electron chi connectivity index (χ3n) is 2.02. The molecule has 0 saturated carbocycles. The zero-order valence-corrected chi connectivity index (χ0v) is 7.35. The summed E-state index contributed by atoms with van der Waals surface area (Å²) in [5.41, 5.74) is -0.437. The van der Waals surface area contributed by atoms with E-state index in [1.165, 1.54) is 6.07 Å². The number of aromatic amines is 2. The van der Waals surface area contributed by atoms with Crippen LogP contribution in [0.2, 0.25) is 0 Å². The van der Waals surface area contributed by atoms with Crippen molar-refractivity contribution in [2.24, 2.45) is 0 Å². The van der Waals surface area contributed by atoms with Crippen LogP contribution in [-0.4, -0.2) is 9.97 Å². The molecule has 2 rings (SSSR count). The van der Waals surface area contributed by atoms with E-state index in [2.05, 4.69) is 4.98 Å². The molecule has 2 aromatic rings. The second-order valence-electron chi connectivity index (χ2n) is 3.06. The maximum Gasteiger partial charge on any atom is 0.326 e. The van der Waals surface area contributed by atoms with Crippen molar-refractivity contribution in [2.75, 3.05) is 0 Å². The molecule has 0 unspecified atom stereocenters. The molecule has 0 aliphatic heterocycles. The first-order valence-electron chi connectivity index (χ1n) is 4.00. The molecule has 2 N–H and O–H groups in total. The maximum absolute atomic E-state index is 13.1. The first kappa shape index (κ1) is 8.68. The van der Waals surface area contributed by atoms with Gasteiger partial charge in [-0.1, -0.05) is 0 Å². The Kier molecular flexibility index (Phi) is 1.73. The number of hydrogen-bond acceptors (Lipinski definition) is 2. The molecule has 4 nitrogen and oxygen atoms in total. The molecule has 0 radical (unpaired) electrons. The van der Waals surface area contributed by atoms with Crippen LogP contribution in [0.4, 0.5) is 4.39 Å². The van der Waals surface area contributed by atoms with Gasteiger partial charge < -0.3 is 4.98 Å². The minimum atomic E-state index is -0.589. The van der Waals surface area contributed by atoms with Crippen LogP contribution >= 0.6 is 0 Å². The summed E-state index contributed by atoms with van der Waals surface area (Å²) < 4.78 is 13.1. The van der Waals surface area contributed by atoms with E-state index in [-0.39, 0.29) is 5.39 Å². The predicted molar refractivity (Wildman–Crippen MR) is 49.9 cm³/mol. The number of aromatic nitrogens is 2. The van der Waals surface area contributed by atoms with Gasteiger partial charge in [0.15, 0.2) is 0 Å². The molecule has 72 valence electrons. The molecule has 0 amide bonds. The minimum absolute atomic E-state index is 0.146. The fourth-order valence-electron chi connectivity index (χ4n) is 1.30. The summed E-state index contributed by atoms with van der Waals surface area (Å²) in [6.45, 7) is 1.56. The van der Waals surface area contributed by atoms with Crippen molar-refractivity contribution in [3.8, 4) is 0 Å². The Morgan fingerprint density at radius 1 is 1.21 bits per heavy atom. The predicted octanol–water partition coefficient (Wildman–Crippen LogP) is 0.664. The molecule has 14 heavy (non-hydrogen) atoms. The Bertz CT molecular complexity index is 612. The van der Waals surface area contributed by atoms with Gasteiger partial charge in [-0.2, -0.15) is 0 Å². The van der Waals surface area contributed by atoms with E-state index in [4.69, 9.17) is 0 Å². The van der Waals surface area contributed by atoms with E-state index < -0.39 is 17.1 Å². The third kappa shape index (κ3) is 1.22. The molecule has 5 heteroatoms. The summed E-state index contributed by atoms with van der Waals surface area (Å²) in [6, 6.07) is 2.54. The molecular weight excluding hydrogens is 187 g/mol. The van der Waals surface area contributed by atoms with Gasteiger partial charge in [-0.15, -0.1) is 0 Å². The lowest BCUT2D eigenvalue weighted by atomic mass is 10.1. The minimum Gasteiger partial charge on any atom is -0.307 e. The molecule has 0 bridgehead atoms. The average Bonchev–Trinajstić information content (AvgIpc) is 2.08. The van der Waals surface area contributed by atoms with Crippen LogP contribution in [0, 0.1) is 12.7 Å². The van der Waals surface area contributed by atoms with Gasteiger partial charge in [-0.25, -0.2) is 9.18 Å². The quantitative estimate of drug-likeness (QED) is 0.647. The number of rotatable bonds is 0. The molecule has 0 spiro atoms. The number of aryl methyl sites for hydroxylation is 1. The lowest BCUT2D eigenvalue weighted by Crippen LogP contribution is -2.22. The number of H-pyrrole nitrogens is 2. The Morgan fingerprint density at radius 3 is 2.64 bits per heavy atom. The van der Waals surface area contributed by atoms with Crippen LogP contribution in [0.3, 0.4) is 0 Å². The van der Waals surface area contributed by atoms with Crippen molar-refractivity contribution in [1.82, 2.24) is 9.97 Å². The maximum atomic E-state index is 13.1. The largest absolute Gasteiger partial charge is 0.326 e. The lowest BCUT2D eigenvalue weighted by molar-refractivity contribution is 0.620. The molecule has 0 atom stereocenters. The van der Waals surface area contributed by atoms with E-state index >= 15 is 0 Å². The summed E-state index contributed by atoms with van der Waals surface area (Å²) in [5, 5.41) is 0.146. The average molecular weight is 194 g/mol. The van der Waals surface area contributed by atoms with Gasteiger partial charge in [0, 0.05) is 0 Å². The second kappa shape index (κ2) is 2.80. The van der Waals surface area contributed by atoms with Gasteiger partial charge >= 0.3 is 5.69 Å². The molecular formula is C9H7FN2O2. The highest BCUT2D eigenvalue weighted by Gasteiger charge is 2.04. The van der Waals surface area contributed by atoms with Crippen LogP contribution < -0.4 is 11.2 Å². The lowest BCUT2D eigenvalue weighted by Gasteiger charge is -1.99. The zero-order chi connectivity index (χ0) is 10.3. The van der Waals surface area contributed by atoms with E-state index in [0.717, 1.165) is 6.07 Å². The number of fused-ring (bicyclic) bond motifs is 1. The fourth-order valence-corrected chi connectivity index (χ4v) is 1.30. The molecule has 1 aromatic heterocycles. The van der Waals surface area contributed by atoms with E-state index in [9.17, 15) is 14.0 Å². The van der Waals surface area contributed by atoms with Crippen molar-refractivity contribution in [1.29, 1.82) is 0 Å². The highest BCUT2D eigenvalue weighted by atomic mass is 19.1. The summed E-state index contributed by atoms with van der Waals surface area (Å²) in [4.78, 5) is 26.6. The van der Waals surface area contributed by atoms with Crippen molar-refractivity contribution in [3.05, 3.63) is 44.4 Å². The molecule has 1 heterocycles. The summed E-state index contributed by atoms with van der Waals surface area (Å²) >= 11 is 0. The number of hydrogen-bond donors (Lipinski definition) is 2. The number of benzene rings is 1.